The molecule has 5 nitrogen and oxygen atoms in total. The molecule has 0 aliphatic rings. The third-order valence-corrected chi connectivity index (χ3v) is 19.0. The van der Waals surface area contributed by atoms with Crippen LogP contribution < -0.4 is 24.5 Å². The molecule has 5 heteroatoms. The van der Waals surface area contributed by atoms with Crippen molar-refractivity contribution in [2.24, 2.45) is 0 Å². The molecule has 15 aromatic rings. The molecule has 0 N–H and O–H groups in total. The van der Waals surface area contributed by atoms with E-state index in [9.17, 15) is 0 Å². The van der Waals surface area contributed by atoms with Crippen LogP contribution in [0.3, 0.4) is 0 Å². The van der Waals surface area contributed by atoms with Crippen LogP contribution in [-0.2, 0) is 0 Å². The molecule has 95 heavy (non-hydrogen) atoms. The summed E-state index contributed by atoms with van der Waals surface area (Å²) >= 11 is 0. The van der Waals surface area contributed by atoms with Gasteiger partial charge in [0.15, 0.2) is 0 Å². The summed E-state index contributed by atoms with van der Waals surface area (Å²) < 4.78 is 0. The summed E-state index contributed by atoms with van der Waals surface area (Å²) in [5, 5.41) is 9.13. The molecule has 0 unspecified atom stereocenters. The Balaban J connectivity index is 1.20. The average molecular weight is 1230 g/mol. The van der Waals surface area contributed by atoms with Gasteiger partial charge in [-0.1, -0.05) is 195 Å². The van der Waals surface area contributed by atoms with Crippen LogP contribution >= 0.6 is 0 Å². The quantitative estimate of drug-likeness (QED) is 0.0749. The topological polar surface area (TPSA) is 16.2 Å². The number of hydrogen-bond donors (Lipinski definition) is 0. The van der Waals surface area contributed by atoms with Gasteiger partial charge >= 0.3 is 0 Å². The predicted octanol–water partition coefficient (Wildman–Crippen LogP) is 26.2. The normalized spacial score (nSPS) is 11.5. The zero-order valence-corrected chi connectivity index (χ0v) is 55.9. The van der Waals surface area contributed by atoms with E-state index in [4.69, 9.17) is 0 Å². The molecule has 0 aliphatic heterocycles. The number of benzene rings is 15. The van der Waals surface area contributed by atoms with Gasteiger partial charge in [-0.3, -0.25) is 0 Å². The van der Waals surface area contributed by atoms with Crippen LogP contribution in [0.25, 0.3) is 43.1 Å². The lowest BCUT2D eigenvalue weighted by molar-refractivity contribution is 1.25. The van der Waals surface area contributed by atoms with Crippen molar-refractivity contribution in [2.45, 2.75) is 69.2 Å². The van der Waals surface area contributed by atoms with E-state index in [2.05, 4.69) is 379 Å². The van der Waals surface area contributed by atoms with Gasteiger partial charge in [0.1, 0.15) is 0 Å². The number of aryl methyl sites for hydroxylation is 10. The van der Waals surface area contributed by atoms with E-state index in [0.29, 0.717) is 0 Å². The summed E-state index contributed by atoms with van der Waals surface area (Å²) in [6.45, 7) is 21.8. The van der Waals surface area contributed by atoms with Crippen molar-refractivity contribution in [1.82, 2.24) is 0 Å². The fraction of sp³-hybridized carbons (Fsp3) is 0.111. The fourth-order valence-corrected chi connectivity index (χ4v) is 13.9. The van der Waals surface area contributed by atoms with Gasteiger partial charge in [-0.15, -0.1) is 0 Å². The first-order chi connectivity index (χ1) is 46.2. The highest BCUT2D eigenvalue weighted by Gasteiger charge is 2.32. The molecule has 0 saturated carbocycles. The highest BCUT2D eigenvalue weighted by molar-refractivity contribution is 6.41. The first-order valence-electron chi connectivity index (χ1n) is 33.1. The second-order valence-electron chi connectivity index (χ2n) is 26.2. The van der Waals surface area contributed by atoms with Crippen LogP contribution in [0.1, 0.15) is 55.6 Å². The summed E-state index contributed by atoms with van der Waals surface area (Å²) in [7, 11) is 0. The van der Waals surface area contributed by atoms with Crippen molar-refractivity contribution < 1.29 is 0 Å². The second-order valence-corrected chi connectivity index (χ2v) is 26.2. The number of anilines is 15. The van der Waals surface area contributed by atoms with Crippen LogP contribution in [0.2, 0.25) is 0 Å². The van der Waals surface area contributed by atoms with E-state index in [0.717, 1.165) is 123 Å². The molecule has 462 valence electrons. The lowest BCUT2D eigenvalue weighted by Gasteiger charge is -2.36. The molecule has 0 amide bonds. The third kappa shape index (κ3) is 11.1. The van der Waals surface area contributed by atoms with Gasteiger partial charge in [0.05, 0.1) is 28.4 Å². The standard InChI is InChI=1S/C90H77N5/c1-58-11-31-68(32-12-58)91(69-33-13-59(2)14-34-69)81-54-51-78-79-52-55-83(93(72-39-19-62(5)20-40-72)73-41-21-63(6)22-42-73)90-85(95(76-47-27-66(9)28-48-76)77-49-29-67(10)30-50-77)57-84(94(74-43-23-64(7)24-44-74)75-45-25-65(8)26-46-75)87(88(79)90)80-53-56-82(89(81)86(78)80)92(70-35-15-60(3)16-36-70)71-37-17-61(4)18-38-71/h11-57H,1-10H3. The lowest BCUT2D eigenvalue weighted by atomic mass is 9.85. The molecule has 0 bridgehead atoms. The minimum atomic E-state index is 1.04. The maximum atomic E-state index is 2.53. The molecular weight excluding hydrogens is 1150 g/mol. The monoisotopic (exact) mass is 1230 g/mol. The van der Waals surface area contributed by atoms with Crippen molar-refractivity contribution in [3.05, 3.63) is 341 Å². The van der Waals surface area contributed by atoms with Crippen molar-refractivity contribution in [3.63, 3.8) is 0 Å². The van der Waals surface area contributed by atoms with Gasteiger partial charge in [-0.25, -0.2) is 0 Å². The third-order valence-electron chi connectivity index (χ3n) is 19.0. The van der Waals surface area contributed by atoms with Crippen LogP contribution in [0.15, 0.2) is 285 Å². The molecule has 15 rings (SSSR count). The molecular formula is C90H77N5. The summed E-state index contributed by atoms with van der Waals surface area (Å²) in [6.07, 6.45) is 0. The number of fused-ring (bicyclic) bond motifs is 2. The molecule has 0 atom stereocenters. The van der Waals surface area contributed by atoms with Gasteiger partial charge in [0.2, 0.25) is 0 Å². The predicted molar refractivity (Wildman–Crippen MR) is 408 cm³/mol. The maximum Gasteiger partial charge on any atom is 0.0582 e. The van der Waals surface area contributed by atoms with Crippen molar-refractivity contribution in [2.75, 3.05) is 24.5 Å². The van der Waals surface area contributed by atoms with Gasteiger partial charge in [-0.05, 0) is 231 Å². The Hall–Kier alpha value is -11.4. The van der Waals surface area contributed by atoms with Crippen LogP contribution in [0.4, 0.5) is 85.3 Å². The van der Waals surface area contributed by atoms with E-state index in [-0.39, 0.29) is 0 Å². The largest absolute Gasteiger partial charge is 0.310 e. The zero-order valence-electron chi connectivity index (χ0n) is 55.9. The van der Waals surface area contributed by atoms with E-state index >= 15 is 0 Å². The van der Waals surface area contributed by atoms with Crippen molar-refractivity contribution in [1.29, 1.82) is 0 Å². The van der Waals surface area contributed by atoms with Gasteiger partial charge < -0.3 is 24.5 Å². The fourth-order valence-electron chi connectivity index (χ4n) is 13.9. The molecule has 0 spiro atoms. The van der Waals surface area contributed by atoms with Crippen molar-refractivity contribution >= 4 is 128 Å². The second kappa shape index (κ2) is 24.6. The Kier molecular flexibility index (Phi) is 15.5. The van der Waals surface area contributed by atoms with E-state index in [1.54, 1.807) is 0 Å². The van der Waals surface area contributed by atoms with Crippen LogP contribution in [0.5, 0.6) is 0 Å². The molecule has 0 aromatic heterocycles. The summed E-state index contributed by atoms with van der Waals surface area (Å²) in [5.41, 5.74) is 27.9. The summed E-state index contributed by atoms with van der Waals surface area (Å²) in [6, 6.07) is 108. The lowest BCUT2D eigenvalue weighted by Crippen LogP contribution is -2.17. The molecule has 0 aliphatic carbocycles. The number of rotatable bonds is 15. The molecule has 0 saturated heterocycles. The molecule has 15 aromatic carbocycles. The number of hydrogen-bond acceptors (Lipinski definition) is 5. The highest BCUT2D eigenvalue weighted by Crippen LogP contribution is 2.59. The van der Waals surface area contributed by atoms with Gasteiger partial charge in [0, 0.05) is 83.8 Å². The summed E-state index contributed by atoms with van der Waals surface area (Å²) in [4.78, 5) is 12.5. The van der Waals surface area contributed by atoms with Crippen LogP contribution in [-0.4, -0.2) is 0 Å². The first kappa shape index (κ1) is 59.9. The first-order valence-corrected chi connectivity index (χ1v) is 33.1. The highest BCUT2D eigenvalue weighted by atomic mass is 15.2. The van der Waals surface area contributed by atoms with Crippen LogP contribution in [0, 0.1) is 69.2 Å². The Morgan fingerprint density at radius 2 is 0.305 bits per heavy atom. The zero-order chi connectivity index (χ0) is 65.2. The minimum absolute atomic E-state index is 1.04. The molecule has 0 heterocycles. The van der Waals surface area contributed by atoms with Gasteiger partial charge in [-0.2, -0.15) is 0 Å². The average Bonchev–Trinajstić information content (AvgIpc) is 0.687. The number of nitrogens with zero attached hydrogens (tertiary/aromatic N) is 5. The smallest absolute Gasteiger partial charge is 0.0582 e. The minimum Gasteiger partial charge on any atom is -0.310 e. The Morgan fingerprint density at radius 3 is 0.526 bits per heavy atom. The van der Waals surface area contributed by atoms with E-state index in [1.807, 2.05) is 0 Å². The Morgan fingerprint density at radius 1 is 0.137 bits per heavy atom. The van der Waals surface area contributed by atoms with Crippen molar-refractivity contribution in [3.8, 4) is 0 Å². The molecule has 0 radical (unpaired) electrons. The van der Waals surface area contributed by atoms with Gasteiger partial charge in [0.25, 0.3) is 0 Å². The summed E-state index contributed by atoms with van der Waals surface area (Å²) in [5.74, 6) is 0. The Labute approximate surface area is 559 Å². The molecule has 0 fully saturated rings. The van der Waals surface area contributed by atoms with E-state index < -0.39 is 0 Å². The Bertz CT molecular complexity index is 4940. The van der Waals surface area contributed by atoms with E-state index in [1.165, 1.54) is 61.0 Å². The maximum absolute atomic E-state index is 2.53. The SMILES string of the molecule is Cc1ccc(N(c2ccc(C)cc2)c2ccc3c4ccc(N(c5ccc(C)cc5)c5ccc(C)cc5)c5c(N(c6ccc(C)cc6)c6ccc(C)cc6)cc(N(c6ccc(C)cc6)c6ccc(C)cc6)c(c6ccc(N(c7ccc(C)cc7)c7ccc(C)cc7)c2c36)c54)cc1.